The minimum absolute atomic E-state index is 0.0457. The zero-order valence-corrected chi connectivity index (χ0v) is 7.84. The molecular weight excluding hydrogens is 191 g/mol. The van der Waals surface area contributed by atoms with Crippen molar-refractivity contribution >= 4 is 10.7 Å². The molecule has 1 aromatic carbocycles. The van der Waals surface area contributed by atoms with Gasteiger partial charge < -0.3 is 0 Å². The average molecular weight is 201 g/mol. The fourth-order valence-corrected chi connectivity index (χ4v) is 1.53. The minimum Gasteiger partial charge on any atom is -0.242 e. The van der Waals surface area contributed by atoms with Crippen LogP contribution < -0.4 is 0 Å². The molecule has 0 aliphatic heterocycles. The summed E-state index contributed by atoms with van der Waals surface area (Å²) < 4.78 is 33.4. The van der Waals surface area contributed by atoms with Crippen molar-refractivity contribution in [3.05, 3.63) is 42.3 Å². The highest BCUT2D eigenvalue weighted by atomic mass is 32.2. The van der Waals surface area contributed by atoms with Crippen molar-refractivity contribution < 1.29 is 12.8 Å². The summed E-state index contributed by atoms with van der Waals surface area (Å²) in [6.07, 6.45) is -1.30. The molecule has 0 N–H and O–H groups in total. The third kappa shape index (κ3) is 3.14. The quantitative estimate of drug-likeness (QED) is 0.754. The number of benzene rings is 1. The third-order valence-electron chi connectivity index (χ3n) is 1.62. The molecular formula is C9H10FO2S. The smallest absolute Gasteiger partial charge is 0.144 e. The van der Waals surface area contributed by atoms with E-state index in [1.165, 1.54) is 6.07 Å². The Morgan fingerprint density at radius 1 is 1.46 bits per heavy atom. The monoisotopic (exact) mass is 201 g/mol. The van der Waals surface area contributed by atoms with Crippen LogP contribution in [0.25, 0.3) is 0 Å². The lowest BCUT2D eigenvalue weighted by Crippen LogP contribution is -1.91. The van der Waals surface area contributed by atoms with Gasteiger partial charge in [-0.3, -0.25) is 0 Å². The molecule has 1 aromatic rings. The molecule has 0 aliphatic rings. The molecule has 13 heavy (non-hydrogen) atoms. The van der Waals surface area contributed by atoms with E-state index < -0.39 is 16.9 Å². The van der Waals surface area contributed by atoms with Crippen LogP contribution in [-0.2, 0) is 16.5 Å². The topological polar surface area (TPSA) is 34.1 Å². The Bertz CT molecular complexity index is 350. The highest BCUT2D eigenvalue weighted by Crippen LogP contribution is 2.17. The molecule has 0 bridgehead atoms. The SMILES string of the molecule is [CH2]C(F)c1cccc(C[SH](=O)=O)c1. The van der Waals surface area contributed by atoms with Crippen LogP contribution in [-0.4, -0.2) is 8.42 Å². The van der Waals surface area contributed by atoms with Crippen molar-refractivity contribution in [2.24, 2.45) is 0 Å². The molecule has 1 atom stereocenters. The van der Waals surface area contributed by atoms with Gasteiger partial charge in [-0.1, -0.05) is 24.3 Å². The van der Waals surface area contributed by atoms with E-state index in [-0.39, 0.29) is 5.75 Å². The van der Waals surface area contributed by atoms with Gasteiger partial charge >= 0.3 is 0 Å². The van der Waals surface area contributed by atoms with Crippen molar-refractivity contribution in [2.75, 3.05) is 0 Å². The zero-order chi connectivity index (χ0) is 9.84. The standard InChI is InChI=1S/C9H10FO2S/c1-7(10)9-4-2-3-8(5-9)6-13(11)12/h2-5,7,13H,1,6H2. The van der Waals surface area contributed by atoms with E-state index >= 15 is 0 Å². The van der Waals surface area contributed by atoms with Gasteiger partial charge in [0, 0.05) is 0 Å². The van der Waals surface area contributed by atoms with E-state index in [1.807, 2.05) is 0 Å². The second kappa shape index (κ2) is 4.37. The van der Waals surface area contributed by atoms with Crippen LogP contribution in [0.3, 0.4) is 0 Å². The van der Waals surface area contributed by atoms with Crippen LogP contribution in [0.2, 0.25) is 0 Å². The summed E-state index contributed by atoms with van der Waals surface area (Å²) in [6, 6.07) is 6.38. The number of thiol groups is 1. The third-order valence-corrected chi connectivity index (χ3v) is 2.25. The van der Waals surface area contributed by atoms with Crippen molar-refractivity contribution in [3.8, 4) is 0 Å². The average Bonchev–Trinajstić information content (AvgIpc) is 2.03. The predicted molar refractivity (Wildman–Crippen MR) is 49.7 cm³/mol. The van der Waals surface area contributed by atoms with E-state index in [2.05, 4.69) is 6.92 Å². The fraction of sp³-hybridized carbons (Fsp3) is 0.222. The molecule has 1 radical (unpaired) electrons. The molecule has 1 unspecified atom stereocenters. The van der Waals surface area contributed by atoms with Crippen LogP contribution in [0.15, 0.2) is 24.3 Å². The molecule has 4 heteroatoms. The Kier molecular flexibility index (Phi) is 3.42. The highest BCUT2D eigenvalue weighted by molar-refractivity contribution is 7.71. The summed E-state index contributed by atoms with van der Waals surface area (Å²) in [7, 11) is -2.45. The van der Waals surface area contributed by atoms with Crippen LogP contribution in [0.1, 0.15) is 17.3 Å². The minimum atomic E-state index is -2.45. The van der Waals surface area contributed by atoms with Gasteiger partial charge in [0.25, 0.3) is 0 Å². The first-order valence-electron chi connectivity index (χ1n) is 3.77. The van der Waals surface area contributed by atoms with Gasteiger partial charge in [-0.2, -0.15) is 0 Å². The molecule has 0 fully saturated rings. The molecule has 0 amide bonds. The Morgan fingerprint density at radius 2 is 2.15 bits per heavy atom. The van der Waals surface area contributed by atoms with Crippen LogP contribution in [0.4, 0.5) is 4.39 Å². The van der Waals surface area contributed by atoms with E-state index in [9.17, 15) is 12.8 Å². The van der Waals surface area contributed by atoms with Crippen LogP contribution in [0, 0.1) is 6.92 Å². The molecule has 0 heterocycles. The zero-order valence-electron chi connectivity index (χ0n) is 6.94. The van der Waals surface area contributed by atoms with Gasteiger partial charge in [-0.25, -0.2) is 12.8 Å². The molecule has 71 valence electrons. The molecule has 1 rings (SSSR count). The molecule has 0 spiro atoms. The predicted octanol–water partition coefficient (Wildman–Crippen LogP) is 1.64. The maximum Gasteiger partial charge on any atom is 0.144 e. The lowest BCUT2D eigenvalue weighted by molar-refractivity contribution is 0.411. The summed E-state index contributed by atoms with van der Waals surface area (Å²) in [4.78, 5) is 0. The van der Waals surface area contributed by atoms with Crippen LogP contribution >= 0.6 is 0 Å². The van der Waals surface area contributed by atoms with Gasteiger partial charge in [-0.05, 0) is 18.1 Å². The van der Waals surface area contributed by atoms with Gasteiger partial charge in [0.2, 0.25) is 0 Å². The van der Waals surface area contributed by atoms with Crippen molar-refractivity contribution in [2.45, 2.75) is 11.9 Å². The number of hydrogen-bond acceptors (Lipinski definition) is 2. The molecule has 2 nitrogen and oxygen atoms in total. The lowest BCUT2D eigenvalue weighted by atomic mass is 10.1. The Balaban J connectivity index is 2.91. The lowest BCUT2D eigenvalue weighted by Gasteiger charge is -2.02. The Labute approximate surface area is 78.3 Å². The summed E-state index contributed by atoms with van der Waals surface area (Å²) >= 11 is 0. The summed E-state index contributed by atoms with van der Waals surface area (Å²) in [6.45, 7) is 3.21. The van der Waals surface area contributed by atoms with E-state index in [0.29, 0.717) is 11.1 Å². The first-order chi connectivity index (χ1) is 6.09. The number of alkyl halides is 1. The summed E-state index contributed by atoms with van der Waals surface area (Å²) in [5.74, 6) is -0.0457. The summed E-state index contributed by atoms with van der Waals surface area (Å²) in [5.41, 5.74) is 1.01. The van der Waals surface area contributed by atoms with Crippen molar-refractivity contribution in [3.63, 3.8) is 0 Å². The maximum atomic E-state index is 12.7. The van der Waals surface area contributed by atoms with E-state index in [4.69, 9.17) is 0 Å². The Morgan fingerprint density at radius 3 is 2.69 bits per heavy atom. The van der Waals surface area contributed by atoms with Crippen LogP contribution in [0.5, 0.6) is 0 Å². The second-order valence-corrected chi connectivity index (χ2v) is 3.69. The molecule has 0 saturated carbocycles. The normalized spacial score (nSPS) is 13.2. The fourth-order valence-electron chi connectivity index (χ4n) is 1.04. The molecule has 0 aromatic heterocycles. The first-order valence-corrected chi connectivity index (χ1v) is 5.13. The maximum absolute atomic E-state index is 12.7. The van der Waals surface area contributed by atoms with Crippen molar-refractivity contribution in [1.29, 1.82) is 0 Å². The number of rotatable bonds is 3. The highest BCUT2D eigenvalue weighted by Gasteiger charge is 2.03. The van der Waals surface area contributed by atoms with E-state index in [1.54, 1.807) is 18.2 Å². The van der Waals surface area contributed by atoms with Gasteiger partial charge in [0.15, 0.2) is 0 Å². The largest absolute Gasteiger partial charge is 0.242 e. The second-order valence-electron chi connectivity index (χ2n) is 2.70. The van der Waals surface area contributed by atoms with Gasteiger partial charge in [0.1, 0.15) is 16.9 Å². The summed E-state index contributed by atoms with van der Waals surface area (Å²) in [5, 5.41) is 0. The van der Waals surface area contributed by atoms with E-state index in [0.717, 1.165) is 0 Å². The van der Waals surface area contributed by atoms with Gasteiger partial charge in [0.05, 0.1) is 5.75 Å². The number of hydrogen-bond donors (Lipinski definition) is 1. The first kappa shape index (κ1) is 10.2. The van der Waals surface area contributed by atoms with Gasteiger partial charge in [-0.15, -0.1) is 0 Å². The number of halogens is 1. The Hall–Kier alpha value is -0.900. The molecule has 0 saturated heterocycles. The molecule has 0 aliphatic carbocycles. The van der Waals surface area contributed by atoms with Crippen molar-refractivity contribution in [1.82, 2.24) is 0 Å².